The zero-order valence-electron chi connectivity index (χ0n) is 18.1. The van der Waals surface area contributed by atoms with E-state index in [0.717, 1.165) is 24.3 Å². The van der Waals surface area contributed by atoms with Gasteiger partial charge in [-0.2, -0.15) is 52.7 Å². The summed E-state index contributed by atoms with van der Waals surface area (Å²) in [4.78, 5) is 3.61. The number of amidine groups is 1. The Morgan fingerprint density at radius 3 is 1.26 bits per heavy atom. The van der Waals surface area contributed by atoms with Crippen LogP contribution in [0.3, 0.4) is 0 Å². The second-order valence-corrected chi connectivity index (χ2v) is 7.65. The molecule has 0 radical (unpaired) electrons. The normalized spacial score (nSPS) is 13.6. The van der Waals surface area contributed by atoms with Gasteiger partial charge in [0.1, 0.15) is 11.7 Å². The molecule has 0 unspecified atom stereocenters. The van der Waals surface area contributed by atoms with Gasteiger partial charge in [-0.05, 0) is 60.7 Å². The Labute approximate surface area is 204 Å². The zero-order valence-corrected chi connectivity index (χ0v) is 18.1. The van der Waals surface area contributed by atoms with Gasteiger partial charge in [0.25, 0.3) is 0 Å². The van der Waals surface area contributed by atoms with Crippen LogP contribution in [-0.4, -0.2) is 5.84 Å². The molecule has 0 saturated carbocycles. The van der Waals surface area contributed by atoms with Crippen LogP contribution in [0.15, 0.2) is 65.7 Å². The number of benzene rings is 3. The topological polar surface area (TPSA) is 24.4 Å². The van der Waals surface area contributed by atoms with Gasteiger partial charge in [-0.3, -0.25) is 0 Å². The molecule has 0 heterocycles. The van der Waals surface area contributed by atoms with E-state index in [-0.39, 0.29) is 42.0 Å². The highest BCUT2D eigenvalue weighted by Gasteiger charge is 2.38. The summed E-state index contributed by atoms with van der Waals surface area (Å²) in [5, 5.41) is 2.07. The third kappa shape index (κ3) is 7.16. The molecule has 2 nitrogen and oxygen atoms in total. The van der Waals surface area contributed by atoms with Crippen LogP contribution in [0.25, 0.3) is 0 Å². The summed E-state index contributed by atoms with van der Waals surface area (Å²) >= 11 is 0. The number of alkyl halides is 12. The van der Waals surface area contributed by atoms with Crippen LogP contribution in [-0.2, 0) is 24.7 Å². The molecule has 0 aromatic heterocycles. The zero-order chi connectivity index (χ0) is 28.7. The monoisotopic (exact) mass is 562 g/mol. The lowest BCUT2D eigenvalue weighted by atomic mass is 10.1. The van der Waals surface area contributed by atoms with E-state index in [1.54, 1.807) is 0 Å². The summed E-state index contributed by atoms with van der Waals surface area (Å²) in [6.45, 7) is 0. The molecule has 38 heavy (non-hydrogen) atoms. The van der Waals surface area contributed by atoms with Crippen molar-refractivity contribution in [1.82, 2.24) is 0 Å². The molecule has 0 aliphatic heterocycles. The van der Waals surface area contributed by atoms with E-state index in [0.29, 0.717) is 0 Å². The second-order valence-electron chi connectivity index (χ2n) is 7.65. The fourth-order valence-corrected chi connectivity index (χ4v) is 3.07. The van der Waals surface area contributed by atoms with Gasteiger partial charge in [-0.1, -0.05) is 0 Å². The fourth-order valence-electron chi connectivity index (χ4n) is 3.07. The third-order valence-electron chi connectivity index (χ3n) is 4.78. The maximum atomic E-state index is 13.4. The van der Waals surface area contributed by atoms with Crippen molar-refractivity contribution in [2.24, 2.45) is 4.99 Å². The molecule has 0 amide bonds. The molecule has 0 aliphatic carbocycles. The van der Waals surface area contributed by atoms with E-state index >= 15 is 0 Å². The molecule has 15 heteroatoms. The first-order valence-electron chi connectivity index (χ1n) is 9.94. The molecule has 0 spiro atoms. The molecule has 3 aromatic rings. The number of aliphatic imine (C=N–C) groups is 1. The van der Waals surface area contributed by atoms with Crippen LogP contribution in [0.1, 0.15) is 27.8 Å². The van der Waals surface area contributed by atoms with Gasteiger partial charge in [0.15, 0.2) is 0 Å². The van der Waals surface area contributed by atoms with Gasteiger partial charge in [0, 0.05) is 11.3 Å². The lowest BCUT2D eigenvalue weighted by Gasteiger charge is -2.17. The Morgan fingerprint density at radius 2 is 0.895 bits per heavy atom. The number of hydrogen-bond acceptors (Lipinski definition) is 1. The summed E-state index contributed by atoms with van der Waals surface area (Å²) in [5.41, 5.74) is -9.26. The summed E-state index contributed by atoms with van der Waals surface area (Å²) in [5.74, 6) is -1.63. The molecular weight excluding hydrogens is 551 g/mol. The van der Waals surface area contributed by atoms with E-state index < -0.39 is 70.0 Å². The largest absolute Gasteiger partial charge is 0.416 e. The molecule has 0 bridgehead atoms. The standard InChI is InChI=1S/C23H11F13N2/c24-16-3-1-11(2-4-16)19(37-17-7-12(20(25,26)27)5-13(8-17)21(28,29)30)38-18-9-14(22(31,32)33)6-15(10-18)23(34,35)36/h1-10H,(H,37,38). The minimum absolute atomic E-state index is 0.188. The van der Waals surface area contributed by atoms with Gasteiger partial charge in [0.05, 0.1) is 27.9 Å². The lowest BCUT2D eigenvalue weighted by Crippen LogP contribution is -2.17. The molecule has 0 aliphatic rings. The SMILES string of the molecule is Fc1ccc(C(=Nc2cc(C(F)(F)F)cc(C(F)(F)F)c2)Nc2cc(C(F)(F)F)cc(C(F)(F)F)c2)cc1. The maximum absolute atomic E-state index is 13.4. The van der Waals surface area contributed by atoms with Crippen molar-refractivity contribution < 1.29 is 57.1 Å². The fraction of sp³-hybridized carbons (Fsp3) is 0.174. The third-order valence-corrected chi connectivity index (χ3v) is 4.78. The Bertz CT molecular complexity index is 1270. The number of hydrogen-bond donors (Lipinski definition) is 1. The second kappa shape index (κ2) is 9.83. The molecule has 3 aromatic carbocycles. The van der Waals surface area contributed by atoms with E-state index in [1.165, 1.54) is 0 Å². The van der Waals surface area contributed by atoms with Crippen molar-refractivity contribution in [1.29, 1.82) is 0 Å². The Morgan fingerprint density at radius 1 is 0.526 bits per heavy atom. The van der Waals surface area contributed by atoms with E-state index in [4.69, 9.17) is 0 Å². The average Bonchev–Trinajstić information content (AvgIpc) is 2.76. The highest BCUT2D eigenvalue weighted by Crippen LogP contribution is 2.40. The van der Waals surface area contributed by atoms with Crippen LogP contribution in [0.4, 0.5) is 68.5 Å². The van der Waals surface area contributed by atoms with E-state index in [2.05, 4.69) is 10.3 Å². The summed E-state index contributed by atoms with van der Waals surface area (Å²) in [6, 6.07) is 3.77. The van der Waals surface area contributed by atoms with Gasteiger partial charge in [-0.25, -0.2) is 9.38 Å². The lowest BCUT2D eigenvalue weighted by molar-refractivity contribution is -0.144. The minimum atomic E-state index is -5.27. The number of nitrogens with one attached hydrogen (secondary N) is 1. The smallest absolute Gasteiger partial charge is 0.340 e. The number of halogens is 13. The molecule has 0 fully saturated rings. The van der Waals surface area contributed by atoms with Crippen molar-refractivity contribution in [2.75, 3.05) is 5.32 Å². The van der Waals surface area contributed by atoms with Crippen molar-refractivity contribution in [3.63, 3.8) is 0 Å². The van der Waals surface area contributed by atoms with Crippen molar-refractivity contribution in [3.8, 4) is 0 Å². The Kier molecular flexibility index (Phi) is 7.45. The van der Waals surface area contributed by atoms with Crippen molar-refractivity contribution >= 4 is 17.2 Å². The van der Waals surface area contributed by atoms with Crippen molar-refractivity contribution in [2.45, 2.75) is 24.7 Å². The number of rotatable bonds is 3. The van der Waals surface area contributed by atoms with Crippen LogP contribution < -0.4 is 5.32 Å². The first-order chi connectivity index (χ1) is 17.2. The average molecular weight is 562 g/mol. The van der Waals surface area contributed by atoms with Crippen LogP contribution in [0.2, 0.25) is 0 Å². The summed E-state index contributed by atoms with van der Waals surface area (Å²) < 4.78 is 172. The van der Waals surface area contributed by atoms with E-state index in [1.807, 2.05) is 0 Å². The van der Waals surface area contributed by atoms with E-state index in [9.17, 15) is 57.1 Å². The van der Waals surface area contributed by atoms with Gasteiger partial charge < -0.3 is 5.32 Å². The first-order valence-corrected chi connectivity index (χ1v) is 9.94. The first kappa shape index (κ1) is 28.8. The number of anilines is 1. The van der Waals surface area contributed by atoms with Gasteiger partial charge in [-0.15, -0.1) is 0 Å². The molecule has 0 atom stereocenters. The van der Waals surface area contributed by atoms with Crippen molar-refractivity contribution in [3.05, 3.63) is 94.3 Å². The van der Waals surface area contributed by atoms with Crippen LogP contribution in [0, 0.1) is 5.82 Å². The molecule has 204 valence electrons. The highest BCUT2D eigenvalue weighted by molar-refractivity contribution is 6.09. The quantitative estimate of drug-likeness (QED) is 0.192. The van der Waals surface area contributed by atoms with Gasteiger partial charge >= 0.3 is 24.7 Å². The molecule has 3 rings (SSSR count). The van der Waals surface area contributed by atoms with Gasteiger partial charge in [0.2, 0.25) is 0 Å². The van der Waals surface area contributed by atoms with Crippen LogP contribution in [0.5, 0.6) is 0 Å². The molecule has 0 saturated heterocycles. The minimum Gasteiger partial charge on any atom is -0.340 e. The molecule has 1 N–H and O–H groups in total. The summed E-state index contributed by atoms with van der Waals surface area (Å²) in [6.07, 6.45) is -21.0. The predicted molar refractivity (Wildman–Crippen MR) is 109 cm³/mol. The van der Waals surface area contributed by atoms with Crippen LogP contribution >= 0.6 is 0 Å². The highest BCUT2D eigenvalue weighted by atomic mass is 19.4. The Balaban J connectivity index is 2.24. The number of nitrogens with zero attached hydrogens (tertiary/aromatic N) is 1. The maximum Gasteiger partial charge on any atom is 0.416 e. The Hall–Kier alpha value is -3.78. The summed E-state index contributed by atoms with van der Waals surface area (Å²) in [7, 11) is 0. The predicted octanol–water partition coefficient (Wildman–Crippen LogP) is 9.09. The molecular formula is C23H11F13N2.